The highest BCUT2D eigenvalue weighted by molar-refractivity contribution is 5.60. The van der Waals surface area contributed by atoms with Crippen molar-refractivity contribution in [2.24, 2.45) is 0 Å². The predicted molar refractivity (Wildman–Crippen MR) is 82.9 cm³/mol. The number of pyridine rings is 1. The molecule has 0 radical (unpaired) electrons. The summed E-state index contributed by atoms with van der Waals surface area (Å²) in [5.41, 5.74) is 4.47. The first kappa shape index (κ1) is 12.3. The van der Waals surface area contributed by atoms with Gasteiger partial charge in [0, 0.05) is 12.4 Å². The fraction of sp³-hybridized carbons (Fsp3) is 0.235. The van der Waals surface area contributed by atoms with Gasteiger partial charge in [-0.15, -0.1) is 0 Å². The lowest BCUT2D eigenvalue weighted by atomic mass is 10.2. The lowest BCUT2D eigenvalue weighted by molar-refractivity contribution is 0.306. The van der Waals surface area contributed by atoms with Gasteiger partial charge in [-0.1, -0.05) is 18.2 Å². The minimum atomic E-state index is 0.726. The highest BCUT2D eigenvalue weighted by Gasteiger charge is 2.18. The number of rotatable bonds is 2. The van der Waals surface area contributed by atoms with Crippen LogP contribution in [0.3, 0.4) is 0 Å². The Labute approximate surface area is 123 Å². The first-order chi connectivity index (χ1) is 10.3. The van der Waals surface area contributed by atoms with Gasteiger partial charge in [-0.25, -0.2) is 4.98 Å². The minimum absolute atomic E-state index is 0.726. The van der Waals surface area contributed by atoms with E-state index in [-0.39, 0.29) is 0 Å². The summed E-state index contributed by atoms with van der Waals surface area (Å²) in [5.74, 6) is 0.962. The van der Waals surface area contributed by atoms with Crippen LogP contribution in [-0.2, 0) is 6.54 Å². The summed E-state index contributed by atoms with van der Waals surface area (Å²) >= 11 is 0. The van der Waals surface area contributed by atoms with Crippen LogP contribution in [-0.4, -0.2) is 22.5 Å². The number of nitrogens with zero attached hydrogens (tertiary/aromatic N) is 3. The zero-order valence-electron chi connectivity index (χ0n) is 12.0. The highest BCUT2D eigenvalue weighted by Crippen LogP contribution is 2.31. The summed E-state index contributed by atoms with van der Waals surface area (Å²) in [6.07, 6.45) is 4.16. The number of anilines is 1. The molecule has 4 nitrogen and oxygen atoms in total. The van der Waals surface area contributed by atoms with Crippen LogP contribution in [0.25, 0.3) is 5.65 Å². The van der Waals surface area contributed by atoms with E-state index < -0.39 is 0 Å². The van der Waals surface area contributed by atoms with Crippen LogP contribution in [0.15, 0.2) is 48.8 Å². The van der Waals surface area contributed by atoms with Crippen LogP contribution in [0.1, 0.15) is 11.3 Å². The molecule has 4 heteroatoms. The molecule has 0 atom stereocenters. The second-order valence-corrected chi connectivity index (χ2v) is 5.39. The van der Waals surface area contributed by atoms with Crippen LogP contribution >= 0.6 is 0 Å². The fourth-order valence-corrected chi connectivity index (χ4v) is 2.87. The zero-order valence-corrected chi connectivity index (χ0v) is 12.0. The van der Waals surface area contributed by atoms with Crippen molar-refractivity contribution in [3.05, 3.63) is 60.0 Å². The third-order valence-corrected chi connectivity index (χ3v) is 3.91. The Bertz CT molecular complexity index is 794. The lowest BCUT2D eigenvalue weighted by Gasteiger charge is -2.30. The van der Waals surface area contributed by atoms with Gasteiger partial charge in [-0.05, 0) is 30.7 Å². The fourth-order valence-electron chi connectivity index (χ4n) is 2.87. The Morgan fingerprint density at radius 3 is 3.00 bits per heavy atom. The average Bonchev–Trinajstić information content (AvgIpc) is 2.92. The summed E-state index contributed by atoms with van der Waals surface area (Å²) in [7, 11) is 0. The van der Waals surface area contributed by atoms with Gasteiger partial charge in [0.1, 0.15) is 18.0 Å². The maximum atomic E-state index is 5.70. The Balaban J connectivity index is 1.68. The van der Waals surface area contributed by atoms with Gasteiger partial charge in [0.05, 0.1) is 24.5 Å². The normalized spacial score (nSPS) is 14.0. The molecule has 0 unspecified atom stereocenters. The van der Waals surface area contributed by atoms with E-state index in [0.29, 0.717) is 0 Å². The van der Waals surface area contributed by atoms with Crippen LogP contribution in [0.4, 0.5) is 5.69 Å². The number of para-hydroxylation sites is 2. The number of benzene rings is 1. The molecule has 3 heterocycles. The molecule has 2 aromatic heterocycles. The largest absolute Gasteiger partial charge is 0.490 e. The smallest absolute Gasteiger partial charge is 0.142 e. The van der Waals surface area contributed by atoms with Crippen molar-refractivity contribution >= 4 is 11.3 Å². The van der Waals surface area contributed by atoms with E-state index >= 15 is 0 Å². The second kappa shape index (κ2) is 4.81. The number of imidazole rings is 1. The van der Waals surface area contributed by atoms with Gasteiger partial charge in [-0.2, -0.15) is 0 Å². The van der Waals surface area contributed by atoms with Crippen molar-refractivity contribution in [3.8, 4) is 5.75 Å². The van der Waals surface area contributed by atoms with Crippen LogP contribution in [0.5, 0.6) is 5.75 Å². The zero-order chi connectivity index (χ0) is 14.2. The predicted octanol–water partition coefficient (Wildman–Crippen LogP) is 3.04. The first-order valence-corrected chi connectivity index (χ1v) is 7.21. The quantitative estimate of drug-likeness (QED) is 0.722. The summed E-state index contributed by atoms with van der Waals surface area (Å²) in [4.78, 5) is 7.09. The summed E-state index contributed by atoms with van der Waals surface area (Å²) in [6, 6.07) is 12.3. The summed E-state index contributed by atoms with van der Waals surface area (Å²) in [5, 5.41) is 0. The Kier molecular flexibility index (Phi) is 2.81. The Morgan fingerprint density at radius 1 is 1.19 bits per heavy atom. The maximum Gasteiger partial charge on any atom is 0.142 e. The van der Waals surface area contributed by atoms with E-state index in [1.807, 2.05) is 24.4 Å². The van der Waals surface area contributed by atoms with Gasteiger partial charge in [0.15, 0.2) is 0 Å². The summed E-state index contributed by atoms with van der Waals surface area (Å²) < 4.78 is 7.80. The van der Waals surface area contributed by atoms with E-state index in [2.05, 4.69) is 40.6 Å². The van der Waals surface area contributed by atoms with E-state index in [9.17, 15) is 0 Å². The molecule has 21 heavy (non-hydrogen) atoms. The number of hydrogen-bond donors (Lipinski definition) is 0. The molecule has 1 aliphatic rings. The summed E-state index contributed by atoms with van der Waals surface area (Å²) in [6.45, 7) is 4.52. The lowest BCUT2D eigenvalue weighted by Crippen LogP contribution is -2.32. The SMILES string of the molecule is Cc1cccn2cc(CN3CCOc4ccccc43)nc12. The number of fused-ring (bicyclic) bond motifs is 2. The Morgan fingerprint density at radius 2 is 2.10 bits per heavy atom. The molecular weight excluding hydrogens is 262 g/mol. The third-order valence-electron chi connectivity index (χ3n) is 3.91. The molecular formula is C17H17N3O. The standard InChI is InChI=1S/C17H17N3O/c1-13-5-4-8-20-12-14(18-17(13)20)11-19-9-10-21-16-7-3-2-6-15(16)19/h2-8,12H,9-11H2,1H3. The molecule has 0 fully saturated rings. The monoisotopic (exact) mass is 279 g/mol. The maximum absolute atomic E-state index is 5.70. The first-order valence-electron chi connectivity index (χ1n) is 7.21. The molecule has 0 saturated heterocycles. The second-order valence-electron chi connectivity index (χ2n) is 5.39. The third kappa shape index (κ3) is 2.13. The minimum Gasteiger partial charge on any atom is -0.490 e. The molecule has 3 aromatic rings. The van der Waals surface area contributed by atoms with Crippen molar-refractivity contribution in [2.45, 2.75) is 13.5 Å². The van der Waals surface area contributed by atoms with Crippen LogP contribution in [0.2, 0.25) is 0 Å². The van der Waals surface area contributed by atoms with Crippen molar-refractivity contribution < 1.29 is 4.74 Å². The van der Waals surface area contributed by atoms with Gasteiger partial charge in [0.2, 0.25) is 0 Å². The van der Waals surface area contributed by atoms with Crippen LogP contribution in [0, 0.1) is 6.92 Å². The topological polar surface area (TPSA) is 29.8 Å². The van der Waals surface area contributed by atoms with Gasteiger partial charge in [-0.3, -0.25) is 0 Å². The molecule has 0 amide bonds. The number of aromatic nitrogens is 2. The molecule has 0 bridgehead atoms. The molecule has 0 saturated carbocycles. The van der Waals surface area contributed by atoms with E-state index in [1.165, 1.54) is 5.56 Å². The van der Waals surface area contributed by atoms with Crippen molar-refractivity contribution in [1.82, 2.24) is 9.38 Å². The molecule has 0 aliphatic carbocycles. The van der Waals surface area contributed by atoms with Crippen molar-refractivity contribution in [3.63, 3.8) is 0 Å². The molecule has 4 rings (SSSR count). The van der Waals surface area contributed by atoms with Crippen LogP contribution < -0.4 is 9.64 Å². The molecule has 106 valence electrons. The highest BCUT2D eigenvalue weighted by atomic mass is 16.5. The number of hydrogen-bond acceptors (Lipinski definition) is 3. The van der Waals surface area contributed by atoms with E-state index in [1.54, 1.807) is 0 Å². The average molecular weight is 279 g/mol. The number of ether oxygens (including phenoxy) is 1. The van der Waals surface area contributed by atoms with Crippen molar-refractivity contribution in [2.75, 3.05) is 18.1 Å². The van der Waals surface area contributed by atoms with Gasteiger partial charge < -0.3 is 14.0 Å². The van der Waals surface area contributed by atoms with Gasteiger partial charge in [0.25, 0.3) is 0 Å². The van der Waals surface area contributed by atoms with Gasteiger partial charge >= 0.3 is 0 Å². The molecule has 0 spiro atoms. The van der Waals surface area contributed by atoms with E-state index in [4.69, 9.17) is 9.72 Å². The molecule has 1 aromatic carbocycles. The van der Waals surface area contributed by atoms with Crippen molar-refractivity contribution in [1.29, 1.82) is 0 Å². The Hall–Kier alpha value is -2.49. The molecule has 1 aliphatic heterocycles. The van der Waals surface area contributed by atoms with E-state index in [0.717, 1.165) is 42.5 Å². The molecule has 0 N–H and O–H groups in total. The number of aryl methyl sites for hydroxylation is 1.